The average molecular weight is 437 g/mol. The zero-order valence-corrected chi connectivity index (χ0v) is 17.4. The van der Waals surface area contributed by atoms with Crippen LogP contribution in [0.1, 0.15) is 17.2 Å². The van der Waals surface area contributed by atoms with Crippen LogP contribution in [0.5, 0.6) is 0 Å². The molecule has 2 saturated heterocycles. The van der Waals surface area contributed by atoms with E-state index in [0.717, 1.165) is 13.1 Å². The maximum absolute atomic E-state index is 13.3. The summed E-state index contributed by atoms with van der Waals surface area (Å²) in [5, 5.41) is 24.6. The van der Waals surface area contributed by atoms with Crippen LogP contribution in [-0.2, 0) is 14.3 Å². The Morgan fingerprint density at radius 2 is 1.81 bits per heavy atom. The number of morpholine rings is 1. The number of rotatable bonds is 6. The second-order valence-electron chi connectivity index (χ2n) is 7.80. The number of benzene rings is 2. The molecule has 1 atom stereocenters. The highest BCUT2D eigenvalue weighted by Crippen LogP contribution is 2.39. The number of hydrogen-bond acceptors (Lipinski definition) is 6. The van der Waals surface area contributed by atoms with Crippen molar-refractivity contribution in [1.29, 1.82) is 0 Å². The Morgan fingerprint density at radius 1 is 1.09 bits per heavy atom. The summed E-state index contributed by atoms with van der Waals surface area (Å²) in [6, 6.07) is 13.1. The van der Waals surface area contributed by atoms with Crippen molar-refractivity contribution in [2.75, 3.05) is 39.4 Å². The fraction of sp³-hybridized carbons (Fsp3) is 0.304. The highest BCUT2D eigenvalue weighted by molar-refractivity contribution is 6.46. The molecule has 9 nitrogen and oxygen atoms in total. The first-order valence-corrected chi connectivity index (χ1v) is 10.4. The number of carbonyl (C=O) groups excluding carboxylic acids is 2. The molecule has 0 radical (unpaired) electrons. The van der Waals surface area contributed by atoms with E-state index in [1.165, 1.54) is 28.0 Å². The van der Waals surface area contributed by atoms with Gasteiger partial charge in [0.2, 0.25) is 5.78 Å². The summed E-state index contributed by atoms with van der Waals surface area (Å²) in [5.74, 6) is -2.15. The van der Waals surface area contributed by atoms with Crippen molar-refractivity contribution in [3.05, 3.63) is 81.4 Å². The van der Waals surface area contributed by atoms with Gasteiger partial charge in [-0.15, -0.1) is 0 Å². The van der Waals surface area contributed by atoms with E-state index in [0.29, 0.717) is 30.9 Å². The van der Waals surface area contributed by atoms with Crippen molar-refractivity contribution in [3.8, 4) is 0 Å². The topological polar surface area (TPSA) is 117 Å². The maximum atomic E-state index is 13.3. The van der Waals surface area contributed by atoms with Gasteiger partial charge in [-0.2, -0.15) is 0 Å². The molecule has 0 aliphatic carbocycles. The summed E-state index contributed by atoms with van der Waals surface area (Å²) in [7, 11) is 0. The number of ether oxygens (including phenoxy) is 1. The average Bonchev–Trinajstić information content (AvgIpc) is 3.08. The predicted octanol–water partition coefficient (Wildman–Crippen LogP) is -0.266. The quantitative estimate of drug-likeness (QED) is 0.219. The molecule has 2 fully saturated rings. The van der Waals surface area contributed by atoms with Crippen LogP contribution in [0.25, 0.3) is 5.76 Å². The molecule has 9 heteroatoms. The molecule has 0 spiro atoms. The summed E-state index contributed by atoms with van der Waals surface area (Å²) in [5.41, 5.74) is 0.327. The number of nitro benzene ring substituents is 1. The fourth-order valence-electron chi connectivity index (χ4n) is 4.19. The summed E-state index contributed by atoms with van der Waals surface area (Å²) in [6.45, 7) is 3.66. The molecule has 4 rings (SSSR count). The van der Waals surface area contributed by atoms with E-state index in [1.54, 1.807) is 36.4 Å². The van der Waals surface area contributed by atoms with Gasteiger partial charge in [0.05, 0.1) is 37.3 Å². The standard InChI is InChI=1S/C23H23N3O6/c27-21(16-5-2-1-3-6-16)19-20(17-7-4-8-18(15-17)26(30)31)25(23(29)22(19)28)10-9-24-11-13-32-14-12-24/h1-8,15,20,27H,9-14H2/b21-19+. The first kappa shape index (κ1) is 21.7. The Kier molecular flexibility index (Phi) is 6.29. The summed E-state index contributed by atoms with van der Waals surface area (Å²) < 4.78 is 5.37. The van der Waals surface area contributed by atoms with Crippen molar-refractivity contribution < 1.29 is 29.3 Å². The number of Topliss-reactive ketones (excluding diaryl/α,β-unsaturated/α-hetero) is 1. The zero-order chi connectivity index (χ0) is 22.7. The molecule has 2 heterocycles. The molecule has 2 aliphatic heterocycles. The Labute approximate surface area is 184 Å². The lowest BCUT2D eigenvalue weighted by Gasteiger charge is -2.30. The molecule has 1 amide bonds. The minimum Gasteiger partial charge on any atom is -0.872 e. The molecule has 2 aromatic rings. The molecular weight excluding hydrogens is 414 g/mol. The van der Waals surface area contributed by atoms with Crippen LogP contribution in [-0.4, -0.2) is 60.9 Å². The minimum absolute atomic E-state index is 0.167. The number of likely N-dealkylation sites (tertiary alicyclic amines) is 1. The molecule has 1 unspecified atom stereocenters. The van der Waals surface area contributed by atoms with Gasteiger partial charge in [0.1, 0.15) is 13.1 Å². The molecule has 1 N–H and O–H groups in total. The summed E-state index contributed by atoms with van der Waals surface area (Å²) in [4.78, 5) is 39.3. The number of quaternary nitrogens is 1. The van der Waals surface area contributed by atoms with Crippen LogP contribution in [0, 0.1) is 10.1 Å². The van der Waals surface area contributed by atoms with E-state index in [2.05, 4.69) is 0 Å². The van der Waals surface area contributed by atoms with E-state index >= 15 is 0 Å². The molecular formula is C23H23N3O6. The van der Waals surface area contributed by atoms with Gasteiger partial charge in [-0.25, -0.2) is 0 Å². The molecule has 0 bridgehead atoms. The van der Waals surface area contributed by atoms with Crippen LogP contribution in [0.3, 0.4) is 0 Å². The lowest BCUT2D eigenvalue weighted by Crippen LogP contribution is -3.14. The van der Waals surface area contributed by atoms with E-state index < -0.39 is 28.4 Å². The van der Waals surface area contributed by atoms with Crippen LogP contribution in [0.4, 0.5) is 5.69 Å². The third-order valence-electron chi connectivity index (χ3n) is 5.87. The zero-order valence-electron chi connectivity index (χ0n) is 17.4. The highest BCUT2D eigenvalue weighted by Gasteiger charge is 2.44. The van der Waals surface area contributed by atoms with Crippen molar-refractivity contribution in [2.45, 2.75) is 6.04 Å². The number of amides is 1. The lowest BCUT2D eigenvalue weighted by molar-refractivity contribution is -0.907. The van der Waals surface area contributed by atoms with Gasteiger partial charge < -0.3 is 19.6 Å². The number of ketones is 1. The van der Waals surface area contributed by atoms with Gasteiger partial charge in [-0.3, -0.25) is 19.7 Å². The van der Waals surface area contributed by atoms with Gasteiger partial charge in [0.15, 0.2) is 0 Å². The summed E-state index contributed by atoms with van der Waals surface area (Å²) >= 11 is 0. The van der Waals surface area contributed by atoms with Gasteiger partial charge in [-0.1, -0.05) is 48.2 Å². The smallest absolute Gasteiger partial charge is 0.295 e. The van der Waals surface area contributed by atoms with Gasteiger partial charge in [-0.05, 0) is 11.1 Å². The lowest BCUT2D eigenvalue weighted by atomic mass is 9.95. The number of nitro groups is 1. The molecule has 2 aromatic carbocycles. The Bertz CT molecular complexity index is 1060. The molecule has 32 heavy (non-hydrogen) atoms. The molecule has 166 valence electrons. The van der Waals surface area contributed by atoms with Crippen molar-refractivity contribution in [1.82, 2.24) is 4.90 Å². The Hall–Kier alpha value is -3.56. The maximum Gasteiger partial charge on any atom is 0.295 e. The number of carbonyl (C=O) groups is 2. The van der Waals surface area contributed by atoms with Gasteiger partial charge >= 0.3 is 0 Å². The van der Waals surface area contributed by atoms with E-state index in [9.17, 15) is 24.8 Å². The summed E-state index contributed by atoms with van der Waals surface area (Å²) in [6.07, 6.45) is 0. The van der Waals surface area contributed by atoms with E-state index in [-0.39, 0.29) is 17.8 Å². The second-order valence-corrected chi connectivity index (χ2v) is 7.80. The third-order valence-corrected chi connectivity index (χ3v) is 5.87. The molecule has 0 saturated carbocycles. The van der Waals surface area contributed by atoms with E-state index in [1.807, 2.05) is 0 Å². The number of non-ortho nitro benzene ring substituents is 1. The normalized spacial score (nSPS) is 21.1. The van der Waals surface area contributed by atoms with Crippen molar-refractivity contribution in [2.24, 2.45) is 0 Å². The highest BCUT2D eigenvalue weighted by atomic mass is 16.6. The van der Waals surface area contributed by atoms with Crippen LogP contribution in [0.15, 0.2) is 60.2 Å². The minimum atomic E-state index is -0.969. The first-order chi connectivity index (χ1) is 15.5. The first-order valence-electron chi connectivity index (χ1n) is 10.4. The molecule has 0 aromatic heterocycles. The second kappa shape index (κ2) is 9.29. The molecule has 2 aliphatic rings. The SMILES string of the molecule is O=C1C(=O)N(CC[NH+]2CCOCC2)C(c2cccc([N+](=O)[O-])c2)/C1=C(\[O-])c1ccccc1. The number of nitrogens with zero attached hydrogens (tertiary/aromatic N) is 2. The van der Waals surface area contributed by atoms with Gasteiger partial charge in [0, 0.05) is 17.7 Å². The largest absolute Gasteiger partial charge is 0.872 e. The fourth-order valence-corrected chi connectivity index (χ4v) is 4.19. The van der Waals surface area contributed by atoms with Crippen LogP contribution >= 0.6 is 0 Å². The van der Waals surface area contributed by atoms with E-state index in [4.69, 9.17) is 4.74 Å². The van der Waals surface area contributed by atoms with Crippen LogP contribution < -0.4 is 10.0 Å². The third kappa shape index (κ3) is 4.25. The number of nitrogens with one attached hydrogen (secondary N) is 1. The van der Waals surface area contributed by atoms with Gasteiger partial charge in [0.25, 0.3) is 11.6 Å². The Balaban J connectivity index is 1.76. The predicted molar refractivity (Wildman–Crippen MR) is 112 cm³/mol. The van der Waals surface area contributed by atoms with Crippen molar-refractivity contribution >= 4 is 23.1 Å². The number of hydrogen-bond donors (Lipinski definition) is 1. The monoisotopic (exact) mass is 437 g/mol. The Morgan fingerprint density at radius 3 is 2.50 bits per heavy atom. The van der Waals surface area contributed by atoms with Crippen LogP contribution in [0.2, 0.25) is 0 Å². The van der Waals surface area contributed by atoms with Crippen molar-refractivity contribution in [3.63, 3.8) is 0 Å².